The van der Waals surface area contributed by atoms with Gasteiger partial charge in [0.1, 0.15) is 17.5 Å². The number of benzene rings is 2. The smallest absolute Gasteiger partial charge is 0.416 e. The lowest BCUT2D eigenvalue weighted by Crippen LogP contribution is -2.34. The molecule has 2 aromatic carbocycles. The van der Waals surface area contributed by atoms with Crippen LogP contribution in [0.3, 0.4) is 0 Å². The maximum atomic E-state index is 13.0. The van der Waals surface area contributed by atoms with Gasteiger partial charge in [-0.05, 0) is 49.4 Å². The number of hydrogen-bond donors (Lipinski definition) is 1. The van der Waals surface area contributed by atoms with Crippen LogP contribution in [-0.4, -0.2) is 40.3 Å². The number of tetrazole rings is 1. The minimum atomic E-state index is -4.49. The summed E-state index contributed by atoms with van der Waals surface area (Å²) in [4.78, 5) is 13.8. The number of methoxy groups -OCH3 is 2. The molecular formula is C21H22F3N5O3. The van der Waals surface area contributed by atoms with Gasteiger partial charge in [-0.2, -0.15) is 18.0 Å². The predicted octanol–water partition coefficient (Wildman–Crippen LogP) is 3.81. The Morgan fingerprint density at radius 1 is 1.09 bits per heavy atom. The number of aromatic nitrogens is 4. The number of amides is 1. The van der Waals surface area contributed by atoms with Gasteiger partial charge >= 0.3 is 6.18 Å². The zero-order valence-corrected chi connectivity index (χ0v) is 17.8. The van der Waals surface area contributed by atoms with E-state index in [0.29, 0.717) is 17.1 Å². The SMILES string of the molecule is COc1ccc(OC)c(C(C)NC(=O)C(C)n2nnc(-c3cccc(C(F)(F)F)c3)n2)c1. The van der Waals surface area contributed by atoms with E-state index in [-0.39, 0.29) is 11.4 Å². The molecule has 32 heavy (non-hydrogen) atoms. The summed E-state index contributed by atoms with van der Waals surface area (Å²) >= 11 is 0. The lowest BCUT2D eigenvalue weighted by Gasteiger charge is -2.20. The highest BCUT2D eigenvalue weighted by molar-refractivity contribution is 5.80. The summed E-state index contributed by atoms with van der Waals surface area (Å²) in [7, 11) is 3.06. The van der Waals surface area contributed by atoms with Gasteiger partial charge in [0, 0.05) is 11.1 Å². The third-order valence-corrected chi connectivity index (χ3v) is 4.86. The molecule has 1 heterocycles. The molecule has 3 rings (SSSR count). The summed E-state index contributed by atoms with van der Waals surface area (Å²) in [6, 6.07) is 8.54. The van der Waals surface area contributed by atoms with Gasteiger partial charge in [0.2, 0.25) is 11.7 Å². The molecule has 8 nitrogen and oxygen atoms in total. The van der Waals surface area contributed by atoms with E-state index in [1.54, 1.807) is 32.0 Å². The molecule has 0 fully saturated rings. The Morgan fingerprint density at radius 2 is 1.84 bits per heavy atom. The molecule has 0 saturated carbocycles. The molecule has 1 aromatic heterocycles. The Kier molecular flexibility index (Phi) is 6.66. The Labute approximate surface area is 182 Å². The molecule has 1 N–H and O–H groups in total. The van der Waals surface area contributed by atoms with Crippen LogP contribution in [0, 0.1) is 0 Å². The molecule has 3 aromatic rings. The number of rotatable bonds is 7. The number of carbonyl (C=O) groups excluding carboxylic acids is 1. The van der Waals surface area contributed by atoms with Crippen molar-refractivity contribution in [3.05, 3.63) is 53.6 Å². The molecule has 0 saturated heterocycles. The normalized spacial score (nSPS) is 13.3. The summed E-state index contributed by atoms with van der Waals surface area (Å²) < 4.78 is 49.4. The lowest BCUT2D eigenvalue weighted by molar-refractivity contribution is -0.137. The topological polar surface area (TPSA) is 91.2 Å². The molecule has 0 aliphatic rings. The Hall–Kier alpha value is -3.63. The molecule has 11 heteroatoms. The van der Waals surface area contributed by atoms with E-state index < -0.39 is 29.7 Å². The fourth-order valence-corrected chi connectivity index (χ4v) is 3.03. The van der Waals surface area contributed by atoms with Gasteiger partial charge < -0.3 is 14.8 Å². The first kappa shape index (κ1) is 23.0. The molecule has 2 atom stereocenters. The van der Waals surface area contributed by atoms with Crippen LogP contribution in [0.2, 0.25) is 0 Å². The van der Waals surface area contributed by atoms with Crippen molar-refractivity contribution in [1.82, 2.24) is 25.5 Å². The zero-order chi connectivity index (χ0) is 23.5. The van der Waals surface area contributed by atoms with Crippen molar-refractivity contribution in [2.75, 3.05) is 14.2 Å². The van der Waals surface area contributed by atoms with Crippen molar-refractivity contribution in [2.24, 2.45) is 0 Å². The Balaban J connectivity index is 1.76. The molecule has 2 unspecified atom stereocenters. The van der Waals surface area contributed by atoms with Gasteiger partial charge in [-0.25, -0.2) is 0 Å². The van der Waals surface area contributed by atoms with Gasteiger partial charge in [0.25, 0.3) is 0 Å². The third-order valence-electron chi connectivity index (χ3n) is 4.86. The number of nitrogens with zero attached hydrogens (tertiary/aromatic N) is 4. The van der Waals surface area contributed by atoms with E-state index in [1.807, 2.05) is 0 Å². The Bertz CT molecular complexity index is 1100. The lowest BCUT2D eigenvalue weighted by atomic mass is 10.1. The van der Waals surface area contributed by atoms with Gasteiger partial charge in [-0.3, -0.25) is 4.79 Å². The van der Waals surface area contributed by atoms with Crippen molar-refractivity contribution < 1.29 is 27.4 Å². The van der Waals surface area contributed by atoms with Crippen LogP contribution in [0.4, 0.5) is 13.2 Å². The van der Waals surface area contributed by atoms with Gasteiger partial charge in [0.15, 0.2) is 0 Å². The molecule has 0 spiro atoms. The predicted molar refractivity (Wildman–Crippen MR) is 109 cm³/mol. The van der Waals surface area contributed by atoms with Crippen LogP contribution in [0.15, 0.2) is 42.5 Å². The Morgan fingerprint density at radius 3 is 2.50 bits per heavy atom. The zero-order valence-electron chi connectivity index (χ0n) is 17.8. The van der Waals surface area contributed by atoms with Crippen molar-refractivity contribution >= 4 is 5.91 Å². The number of carbonyl (C=O) groups is 1. The third kappa shape index (κ3) is 4.98. The second kappa shape index (κ2) is 9.25. The van der Waals surface area contributed by atoms with Crippen LogP contribution >= 0.6 is 0 Å². The first-order valence-corrected chi connectivity index (χ1v) is 9.63. The summed E-state index contributed by atoms with van der Waals surface area (Å²) in [5, 5.41) is 14.6. The van der Waals surface area contributed by atoms with Crippen LogP contribution in [-0.2, 0) is 11.0 Å². The minimum Gasteiger partial charge on any atom is -0.497 e. The quantitative estimate of drug-likeness (QED) is 0.590. The second-order valence-corrected chi connectivity index (χ2v) is 7.03. The number of hydrogen-bond acceptors (Lipinski definition) is 6. The fourth-order valence-electron chi connectivity index (χ4n) is 3.03. The molecule has 0 aliphatic heterocycles. The van der Waals surface area contributed by atoms with E-state index in [0.717, 1.165) is 16.9 Å². The second-order valence-electron chi connectivity index (χ2n) is 7.03. The molecule has 1 amide bonds. The summed E-state index contributed by atoms with van der Waals surface area (Å²) in [6.07, 6.45) is -4.49. The monoisotopic (exact) mass is 449 g/mol. The molecule has 0 radical (unpaired) electrons. The van der Waals surface area contributed by atoms with Crippen molar-refractivity contribution in [1.29, 1.82) is 0 Å². The van der Waals surface area contributed by atoms with Gasteiger partial charge in [-0.15, -0.1) is 10.2 Å². The maximum Gasteiger partial charge on any atom is 0.416 e. The van der Waals surface area contributed by atoms with Crippen LogP contribution in [0.5, 0.6) is 11.5 Å². The number of nitrogens with one attached hydrogen (secondary N) is 1. The highest BCUT2D eigenvalue weighted by atomic mass is 19.4. The largest absolute Gasteiger partial charge is 0.497 e. The highest BCUT2D eigenvalue weighted by Crippen LogP contribution is 2.32. The number of halogens is 3. The van der Waals surface area contributed by atoms with Gasteiger partial charge in [-0.1, -0.05) is 12.1 Å². The van der Waals surface area contributed by atoms with Crippen molar-refractivity contribution in [3.63, 3.8) is 0 Å². The van der Waals surface area contributed by atoms with Crippen molar-refractivity contribution in [2.45, 2.75) is 32.1 Å². The van der Waals surface area contributed by atoms with E-state index >= 15 is 0 Å². The van der Waals surface area contributed by atoms with E-state index in [9.17, 15) is 18.0 Å². The maximum absolute atomic E-state index is 13.0. The highest BCUT2D eigenvalue weighted by Gasteiger charge is 2.31. The molecular weight excluding hydrogens is 427 g/mol. The molecule has 170 valence electrons. The van der Waals surface area contributed by atoms with Gasteiger partial charge in [0.05, 0.1) is 25.8 Å². The number of alkyl halides is 3. The standard InChI is InChI=1S/C21H22F3N5O3/c1-12(17-11-16(31-3)8-9-18(17)32-4)25-20(30)13(2)29-27-19(26-28-29)14-6-5-7-15(10-14)21(22,23)24/h5-13H,1-4H3,(H,25,30). The summed E-state index contributed by atoms with van der Waals surface area (Å²) in [6.45, 7) is 3.34. The van der Waals surface area contributed by atoms with E-state index in [2.05, 4.69) is 20.7 Å². The average Bonchev–Trinajstić information content (AvgIpc) is 3.27. The molecule has 0 aliphatic carbocycles. The van der Waals surface area contributed by atoms with Crippen LogP contribution < -0.4 is 14.8 Å². The summed E-state index contributed by atoms with van der Waals surface area (Å²) in [5.74, 6) is 0.768. The van der Waals surface area contributed by atoms with E-state index in [4.69, 9.17) is 9.47 Å². The van der Waals surface area contributed by atoms with E-state index in [1.165, 1.54) is 26.4 Å². The first-order chi connectivity index (χ1) is 15.1. The molecule has 0 bridgehead atoms. The van der Waals surface area contributed by atoms with Crippen molar-refractivity contribution in [3.8, 4) is 22.9 Å². The van der Waals surface area contributed by atoms with Crippen LogP contribution in [0.25, 0.3) is 11.4 Å². The number of ether oxygens (including phenoxy) is 2. The fraction of sp³-hybridized carbons (Fsp3) is 0.333. The summed E-state index contributed by atoms with van der Waals surface area (Å²) in [5.41, 5.74) is 0.0370. The minimum absolute atomic E-state index is 0.0155. The first-order valence-electron chi connectivity index (χ1n) is 9.63. The average molecular weight is 449 g/mol. The van der Waals surface area contributed by atoms with Crippen LogP contribution in [0.1, 0.15) is 37.1 Å².